The molecular formula is C20H31NO. The Labute approximate surface area is 136 Å². The molecule has 0 aliphatic carbocycles. The summed E-state index contributed by atoms with van der Waals surface area (Å²) in [5.74, 6) is 0.274. The van der Waals surface area contributed by atoms with Gasteiger partial charge in [-0.1, -0.05) is 49.3 Å². The van der Waals surface area contributed by atoms with Crippen molar-refractivity contribution in [2.45, 2.75) is 66.4 Å². The lowest BCUT2D eigenvalue weighted by atomic mass is 10.0. The molecule has 0 heterocycles. The first-order valence-electron chi connectivity index (χ1n) is 8.04. The van der Waals surface area contributed by atoms with Gasteiger partial charge >= 0.3 is 0 Å². The Kier molecular flexibility index (Phi) is 10.2. The number of aliphatic hydroxyl groups excluding tert-OH is 1. The molecule has 0 amide bonds. The normalized spacial score (nSPS) is 14.9. The van der Waals surface area contributed by atoms with Crippen molar-refractivity contribution in [2.75, 3.05) is 0 Å². The molecule has 0 radical (unpaired) electrons. The molecule has 0 bridgehead atoms. The summed E-state index contributed by atoms with van der Waals surface area (Å²) in [4.78, 5) is 0. The number of allylic oxidation sites excluding steroid dienone is 6. The van der Waals surface area contributed by atoms with E-state index >= 15 is 0 Å². The third kappa shape index (κ3) is 9.37. The van der Waals surface area contributed by atoms with E-state index in [9.17, 15) is 5.11 Å². The van der Waals surface area contributed by atoms with E-state index in [-0.39, 0.29) is 5.92 Å². The van der Waals surface area contributed by atoms with Crippen molar-refractivity contribution in [2.24, 2.45) is 5.92 Å². The molecule has 0 saturated heterocycles. The summed E-state index contributed by atoms with van der Waals surface area (Å²) in [6.07, 6.45) is 9.46. The van der Waals surface area contributed by atoms with Gasteiger partial charge in [0.2, 0.25) is 0 Å². The first-order valence-corrected chi connectivity index (χ1v) is 8.04. The Balaban J connectivity index is 4.30. The Morgan fingerprint density at radius 1 is 1.14 bits per heavy atom. The van der Waals surface area contributed by atoms with Gasteiger partial charge in [0.25, 0.3) is 0 Å². The van der Waals surface area contributed by atoms with Crippen molar-refractivity contribution in [3.05, 3.63) is 47.1 Å². The maximum atomic E-state index is 9.71. The van der Waals surface area contributed by atoms with Gasteiger partial charge in [-0.05, 0) is 58.4 Å². The van der Waals surface area contributed by atoms with E-state index in [1.807, 2.05) is 32.9 Å². The SMILES string of the molecule is C=C(C)[C@@H](O)CC/C(C)=C/CC/C(C)=C/C=C(\C#N)C(C)C. The first kappa shape index (κ1) is 20.4. The highest BCUT2D eigenvalue weighted by Gasteiger charge is 2.04. The van der Waals surface area contributed by atoms with Crippen LogP contribution in [0.4, 0.5) is 0 Å². The molecule has 0 aromatic carbocycles. The fourth-order valence-electron chi connectivity index (χ4n) is 1.93. The molecule has 0 unspecified atom stereocenters. The molecule has 2 heteroatoms. The van der Waals surface area contributed by atoms with Crippen molar-refractivity contribution in [1.82, 2.24) is 0 Å². The second kappa shape index (κ2) is 11.0. The number of nitrogens with zero attached hydrogens (tertiary/aromatic N) is 1. The summed E-state index contributed by atoms with van der Waals surface area (Å²) < 4.78 is 0. The first-order chi connectivity index (χ1) is 10.3. The summed E-state index contributed by atoms with van der Waals surface area (Å²) in [5, 5.41) is 18.7. The molecule has 0 spiro atoms. The molecule has 2 nitrogen and oxygen atoms in total. The molecule has 0 aliphatic rings. The molecule has 1 N–H and O–H groups in total. The Bertz CT molecular complexity index is 486. The number of aliphatic hydroxyl groups is 1. The van der Waals surface area contributed by atoms with E-state index in [0.29, 0.717) is 0 Å². The van der Waals surface area contributed by atoms with Gasteiger partial charge in [-0.25, -0.2) is 0 Å². The maximum Gasteiger partial charge on any atom is 0.0949 e. The summed E-state index contributed by atoms with van der Waals surface area (Å²) in [5.41, 5.74) is 4.24. The molecule has 122 valence electrons. The van der Waals surface area contributed by atoms with Crippen molar-refractivity contribution < 1.29 is 5.11 Å². The second-order valence-corrected chi connectivity index (χ2v) is 6.39. The zero-order valence-corrected chi connectivity index (χ0v) is 14.8. The predicted octanol–water partition coefficient (Wildman–Crippen LogP) is 5.48. The van der Waals surface area contributed by atoms with E-state index in [1.165, 1.54) is 11.1 Å². The van der Waals surface area contributed by atoms with Crippen LogP contribution in [0.15, 0.2) is 47.1 Å². The Morgan fingerprint density at radius 2 is 1.77 bits per heavy atom. The molecule has 0 fully saturated rings. The molecule has 0 aromatic heterocycles. The summed E-state index contributed by atoms with van der Waals surface area (Å²) in [6, 6.07) is 2.24. The zero-order valence-electron chi connectivity index (χ0n) is 14.8. The van der Waals surface area contributed by atoms with Gasteiger partial charge in [-0.3, -0.25) is 0 Å². The highest BCUT2D eigenvalue weighted by Crippen LogP contribution is 2.15. The third-order valence-corrected chi connectivity index (χ3v) is 3.71. The van der Waals surface area contributed by atoms with E-state index in [1.54, 1.807) is 0 Å². The zero-order chi connectivity index (χ0) is 17.1. The molecular weight excluding hydrogens is 270 g/mol. The predicted molar refractivity (Wildman–Crippen MR) is 95.3 cm³/mol. The average Bonchev–Trinajstić information content (AvgIpc) is 2.44. The van der Waals surface area contributed by atoms with Gasteiger partial charge in [0.15, 0.2) is 0 Å². The molecule has 22 heavy (non-hydrogen) atoms. The van der Waals surface area contributed by atoms with Crippen molar-refractivity contribution in [1.29, 1.82) is 5.26 Å². The van der Waals surface area contributed by atoms with Crippen LogP contribution in [0.5, 0.6) is 0 Å². The molecule has 0 aliphatic heterocycles. The van der Waals surface area contributed by atoms with Crippen LogP contribution in [0.25, 0.3) is 0 Å². The fraction of sp³-hybridized carbons (Fsp3) is 0.550. The molecule has 0 rings (SSSR count). The fourth-order valence-corrected chi connectivity index (χ4v) is 1.93. The lowest BCUT2D eigenvalue weighted by Gasteiger charge is -2.09. The van der Waals surface area contributed by atoms with Crippen LogP contribution in [0.2, 0.25) is 0 Å². The average molecular weight is 301 g/mol. The van der Waals surface area contributed by atoms with Crippen LogP contribution in [-0.4, -0.2) is 11.2 Å². The Hall–Kier alpha value is -1.59. The minimum Gasteiger partial charge on any atom is -0.389 e. The molecule has 0 aromatic rings. The smallest absolute Gasteiger partial charge is 0.0949 e. The number of rotatable bonds is 9. The van der Waals surface area contributed by atoms with Crippen LogP contribution in [0, 0.1) is 17.2 Å². The quantitative estimate of drug-likeness (QED) is 0.348. The lowest BCUT2D eigenvalue weighted by Crippen LogP contribution is -2.06. The summed E-state index contributed by atoms with van der Waals surface area (Å²) in [6.45, 7) is 13.9. The Morgan fingerprint density at radius 3 is 2.27 bits per heavy atom. The van der Waals surface area contributed by atoms with Crippen molar-refractivity contribution in [3.63, 3.8) is 0 Å². The number of hydrogen-bond donors (Lipinski definition) is 1. The van der Waals surface area contributed by atoms with Crippen LogP contribution in [-0.2, 0) is 0 Å². The van der Waals surface area contributed by atoms with E-state index in [2.05, 4.69) is 32.6 Å². The monoisotopic (exact) mass is 301 g/mol. The van der Waals surface area contributed by atoms with Gasteiger partial charge in [0, 0.05) is 5.57 Å². The van der Waals surface area contributed by atoms with Crippen LogP contribution in [0.1, 0.15) is 60.3 Å². The van der Waals surface area contributed by atoms with Crippen LogP contribution in [0.3, 0.4) is 0 Å². The molecule has 0 saturated carbocycles. The van der Waals surface area contributed by atoms with E-state index in [0.717, 1.165) is 36.8 Å². The largest absolute Gasteiger partial charge is 0.389 e. The standard InChI is InChI=1S/C20H31NO/c1-15(2)19(14-21)12-10-17(5)8-7-9-18(6)11-13-20(22)16(3)4/h9-10,12,15,20,22H,3,7-8,11,13H2,1-2,4-6H3/b17-10+,18-9+,19-12+/t20-/m0/s1. The van der Waals surface area contributed by atoms with Crippen LogP contribution >= 0.6 is 0 Å². The lowest BCUT2D eigenvalue weighted by molar-refractivity contribution is 0.201. The minimum atomic E-state index is -0.393. The van der Waals surface area contributed by atoms with Crippen molar-refractivity contribution in [3.8, 4) is 6.07 Å². The highest BCUT2D eigenvalue weighted by atomic mass is 16.3. The summed E-state index contributed by atoms with van der Waals surface area (Å²) in [7, 11) is 0. The molecule has 1 atom stereocenters. The van der Waals surface area contributed by atoms with Gasteiger partial charge < -0.3 is 5.11 Å². The summed E-state index contributed by atoms with van der Waals surface area (Å²) >= 11 is 0. The van der Waals surface area contributed by atoms with Crippen LogP contribution < -0.4 is 0 Å². The maximum absolute atomic E-state index is 9.71. The number of hydrogen-bond acceptors (Lipinski definition) is 2. The van der Waals surface area contributed by atoms with E-state index < -0.39 is 6.10 Å². The second-order valence-electron chi connectivity index (χ2n) is 6.39. The number of nitriles is 1. The minimum absolute atomic E-state index is 0.274. The van der Waals surface area contributed by atoms with Gasteiger partial charge in [0.1, 0.15) is 0 Å². The van der Waals surface area contributed by atoms with Gasteiger partial charge in [0.05, 0.1) is 12.2 Å². The van der Waals surface area contributed by atoms with Gasteiger partial charge in [-0.2, -0.15) is 5.26 Å². The van der Waals surface area contributed by atoms with E-state index in [4.69, 9.17) is 5.26 Å². The van der Waals surface area contributed by atoms with Crippen molar-refractivity contribution >= 4 is 0 Å². The topological polar surface area (TPSA) is 44.0 Å². The van der Waals surface area contributed by atoms with Gasteiger partial charge in [-0.15, -0.1) is 0 Å². The highest BCUT2D eigenvalue weighted by molar-refractivity contribution is 5.28. The third-order valence-electron chi connectivity index (χ3n) is 3.71.